The lowest BCUT2D eigenvalue weighted by Crippen LogP contribution is -2.07. The molecule has 1 heterocycles. The van der Waals surface area contributed by atoms with Crippen LogP contribution in [0.3, 0.4) is 0 Å². The van der Waals surface area contributed by atoms with Crippen molar-refractivity contribution in [3.63, 3.8) is 0 Å². The first kappa shape index (κ1) is 12.2. The lowest BCUT2D eigenvalue weighted by Gasteiger charge is -2.09. The van der Waals surface area contributed by atoms with Crippen molar-refractivity contribution in [1.29, 1.82) is 0 Å². The number of hydrogen-bond donors (Lipinski definition) is 1. The summed E-state index contributed by atoms with van der Waals surface area (Å²) in [6.07, 6.45) is 3.15. The molecule has 0 bridgehead atoms. The minimum atomic E-state index is 0.140. The highest BCUT2D eigenvalue weighted by Crippen LogP contribution is 2.29. The summed E-state index contributed by atoms with van der Waals surface area (Å²) < 4.78 is 2.17. The molecule has 0 saturated carbocycles. The standard InChI is InChI=1S/C15H22N2/c1-5-14(16)13-9-17(4)15-7-6-11(10(2)3)8-12(13)15/h6-10,14H,5,16H2,1-4H3. The molecule has 0 aliphatic carbocycles. The molecule has 2 aromatic rings. The maximum atomic E-state index is 6.19. The summed E-state index contributed by atoms with van der Waals surface area (Å²) >= 11 is 0. The molecule has 0 spiro atoms. The Morgan fingerprint density at radius 2 is 2.00 bits per heavy atom. The number of aromatic nitrogens is 1. The van der Waals surface area contributed by atoms with E-state index in [2.05, 4.69) is 56.8 Å². The van der Waals surface area contributed by atoms with Crippen LogP contribution < -0.4 is 5.73 Å². The van der Waals surface area contributed by atoms with Gasteiger partial charge in [0.25, 0.3) is 0 Å². The predicted octanol–water partition coefficient (Wildman–Crippen LogP) is 3.71. The van der Waals surface area contributed by atoms with E-state index >= 15 is 0 Å². The van der Waals surface area contributed by atoms with Crippen LogP contribution in [0.2, 0.25) is 0 Å². The van der Waals surface area contributed by atoms with Crippen molar-refractivity contribution in [2.24, 2.45) is 12.8 Å². The van der Waals surface area contributed by atoms with Gasteiger partial charge in [0.1, 0.15) is 0 Å². The zero-order valence-corrected chi connectivity index (χ0v) is 11.2. The van der Waals surface area contributed by atoms with E-state index in [1.54, 1.807) is 0 Å². The Labute approximate surface area is 103 Å². The average Bonchev–Trinajstić information content (AvgIpc) is 2.65. The number of nitrogens with zero attached hydrogens (tertiary/aromatic N) is 1. The quantitative estimate of drug-likeness (QED) is 0.856. The summed E-state index contributed by atoms with van der Waals surface area (Å²) in [5.41, 5.74) is 10.1. The first-order chi connectivity index (χ1) is 8.04. The molecule has 17 heavy (non-hydrogen) atoms. The molecule has 92 valence electrons. The maximum Gasteiger partial charge on any atom is 0.0481 e. The third kappa shape index (κ3) is 2.09. The van der Waals surface area contributed by atoms with Crippen LogP contribution in [0.25, 0.3) is 10.9 Å². The Balaban J connectivity index is 2.64. The number of aryl methyl sites for hydroxylation is 1. The first-order valence-corrected chi connectivity index (χ1v) is 6.39. The Morgan fingerprint density at radius 3 is 2.59 bits per heavy atom. The molecule has 0 fully saturated rings. The largest absolute Gasteiger partial charge is 0.350 e. The Bertz CT molecular complexity index is 523. The van der Waals surface area contributed by atoms with E-state index in [0.717, 1.165) is 6.42 Å². The highest BCUT2D eigenvalue weighted by molar-refractivity contribution is 5.85. The predicted molar refractivity (Wildman–Crippen MR) is 74.2 cm³/mol. The molecule has 2 N–H and O–H groups in total. The van der Waals surface area contributed by atoms with Crippen molar-refractivity contribution in [3.8, 4) is 0 Å². The van der Waals surface area contributed by atoms with E-state index in [4.69, 9.17) is 5.73 Å². The number of benzene rings is 1. The highest BCUT2D eigenvalue weighted by Gasteiger charge is 2.13. The summed E-state index contributed by atoms with van der Waals surface area (Å²) in [6.45, 7) is 6.59. The fourth-order valence-corrected chi connectivity index (χ4v) is 2.31. The van der Waals surface area contributed by atoms with Crippen LogP contribution in [0.15, 0.2) is 24.4 Å². The summed E-state index contributed by atoms with van der Waals surface area (Å²) in [6, 6.07) is 6.86. The van der Waals surface area contributed by atoms with E-state index in [1.165, 1.54) is 22.0 Å². The van der Waals surface area contributed by atoms with E-state index < -0.39 is 0 Å². The number of rotatable bonds is 3. The second-order valence-corrected chi connectivity index (χ2v) is 5.14. The van der Waals surface area contributed by atoms with Gasteiger partial charge in [-0.1, -0.05) is 26.8 Å². The number of fused-ring (bicyclic) bond motifs is 1. The van der Waals surface area contributed by atoms with Gasteiger partial charge in [0.2, 0.25) is 0 Å². The monoisotopic (exact) mass is 230 g/mol. The summed E-state index contributed by atoms with van der Waals surface area (Å²) in [5.74, 6) is 0.560. The van der Waals surface area contributed by atoms with Gasteiger partial charge in [0.15, 0.2) is 0 Å². The lowest BCUT2D eigenvalue weighted by molar-refractivity contribution is 0.700. The van der Waals surface area contributed by atoms with Crippen molar-refractivity contribution in [2.75, 3.05) is 0 Å². The summed E-state index contributed by atoms with van der Waals surface area (Å²) in [7, 11) is 2.09. The molecule has 2 heteroatoms. The molecule has 0 amide bonds. The smallest absolute Gasteiger partial charge is 0.0481 e. The summed E-state index contributed by atoms with van der Waals surface area (Å²) in [4.78, 5) is 0. The van der Waals surface area contributed by atoms with Crippen LogP contribution in [-0.4, -0.2) is 4.57 Å². The van der Waals surface area contributed by atoms with Gasteiger partial charge in [-0.15, -0.1) is 0 Å². The molecule has 0 aliphatic heterocycles. The molecular formula is C15H22N2. The average molecular weight is 230 g/mol. The molecule has 1 aromatic heterocycles. The van der Waals surface area contributed by atoms with Crippen molar-refractivity contribution in [2.45, 2.75) is 39.2 Å². The van der Waals surface area contributed by atoms with Gasteiger partial charge in [0, 0.05) is 30.2 Å². The molecular weight excluding hydrogens is 208 g/mol. The first-order valence-electron chi connectivity index (χ1n) is 6.39. The van der Waals surface area contributed by atoms with Crippen LogP contribution in [0.4, 0.5) is 0 Å². The van der Waals surface area contributed by atoms with E-state index in [9.17, 15) is 0 Å². The Hall–Kier alpha value is -1.28. The van der Waals surface area contributed by atoms with Crippen LogP contribution >= 0.6 is 0 Å². The second-order valence-electron chi connectivity index (χ2n) is 5.14. The van der Waals surface area contributed by atoms with Gasteiger partial charge in [-0.3, -0.25) is 0 Å². The normalized spacial score (nSPS) is 13.5. The van der Waals surface area contributed by atoms with E-state index in [0.29, 0.717) is 5.92 Å². The molecule has 2 rings (SSSR count). The minimum Gasteiger partial charge on any atom is -0.350 e. The van der Waals surface area contributed by atoms with Gasteiger partial charge < -0.3 is 10.3 Å². The van der Waals surface area contributed by atoms with E-state index in [-0.39, 0.29) is 6.04 Å². The van der Waals surface area contributed by atoms with Crippen molar-refractivity contribution >= 4 is 10.9 Å². The van der Waals surface area contributed by atoms with Gasteiger partial charge in [-0.25, -0.2) is 0 Å². The van der Waals surface area contributed by atoms with Crippen LogP contribution in [0.5, 0.6) is 0 Å². The molecule has 1 atom stereocenters. The maximum absolute atomic E-state index is 6.19. The van der Waals surface area contributed by atoms with Crippen LogP contribution in [-0.2, 0) is 7.05 Å². The molecule has 1 unspecified atom stereocenters. The van der Waals surface area contributed by atoms with Gasteiger partial charge >= 0.3 is 0 Å². The van der Waals surface area contributed by atoms with Crippen molar-refractivity contribution in [1.82, 2.24) is 4.57 Å². The lowest BCUT2D eigenvalue weighted by atomic mass is 9.98. The number of hydrogen-bond acceptors (Lipinski definition) is 1. The topological polar surface area (TPSA) is 30.9 Å². The minimum absolute atomic E-state index is 0.140. The fraction of sp³-hybridized carbons (Fsp3) is 0.467. The zero-order valence-electron chi connectivity index (χ0n) is 11.2. The zero-order chi connectivity index (χ0) is 12.6. The SMILES string of the molecule is CCC(N)c1cn(C)c2ccc(C(C)C)cc12. The third-order valence-corrected chi connectivity index (χ3v) is 3.55. The summed E-state index contributed by atoms with van der Waals surface area (Å²) in [5, 5.41) is 1.31. The van der Waals surface area contributed by atoms with Gasteiger partial charge in [0.05, 0.1) is 0 Å². The van der Waals surface area contributed by atoms with Crippen molar-refractivity contribution < 1.29 is 0 Å². The fourth-order valence-electron chi connectivity index (χ4n) is 2.31. The highest BCUT2D eigenvalue weighted by atomic mass is 14.9. The van der Waals surface area contributed by atoms with Gasteiger partial charge in [-0.05, 0) is 35.6 Å². The molecule has 0 saturated heterocycles. The molecule has 2 nitrogen and oxygen atoms in total. The molecule has 0 aliphatic rings. The molecule has 1 aromatic carbocycles. The Kier molecular flexibility index (Phi) is 3.25. The Morgan fingerprint density at radius 1 is 1.29 bits per heavy atom. The van der Waals surface area contributed by atoms with Gasteiger partial charge in [-0.2, -0.15) is 0 Å². The number of nitrogens with two attached hydrogens (primary N) is 1. The van der Waals surface area contributed by atoms with E-state index in [1.807, 2.05) is 0 Å². The van der Waals surface area contributed by atoms with Crippen LogP contribution in [0, 0.1) is 0 Å². The molecule has 0 radical (unpaired) electrons. The third-order valence-electron chi connectivity index (χ3n) is 3.55. The van der Waals surface area contributed by atoms with Crippen LogP contribution in [0.1, 0.15) is 50.3 Å². The second kappa shape index (κ2) is 4.53. The van der Waals surface area contributed by atoms with Crippen molar-refractivity contribution in [3.05, 3.63) is 35.5 Å².